The van der Waals surface area contributed by atoms with Crippen molar-refractivity contribution in [1.29, 1.82) is 0 Å². The fourth-order valence-corrected chi connectivity index (χ4v) is 2.04. The molecule has 104 valence electrons. The summed E-state index contributed by atoms with van der Waals surface area (Å²) in [5.41, 5.74) is 0. The molecule has 6 heteroatoms. The summed E-state index contributed by atoms with van der Waals surface area (Å²) in [7, 11) is 0. The van der Waals surface area contributed by atoms with Crippen LogP contribution in [0.2, 0.25) is 0 Å². The van der Waals surface area contributed by atoms with E-state index in [9.17, 15) is 9.59 Å². The Morgan fingerprint density at radius 2 is 2.06 bits per heavy atom. The summed E-state index contributed by atoms with van der Waals surface area (Å²) in [5.74, 6) is -1.23. The molecule has 18 heavy (non-hydrogen) atoms. The molecule has 3 unspecified atom stereocenters. The van der Waals surface area contributed by atoms with Crippen molar-refractivity contribution in [2.45, 2.75) is 51.8 Å². The summed E-state index contributed by atoms with van der Waals surface area (Å²) >= 11 is 0. The average Bonchev–Trinajstić information content (AvgIpc) is 2.78. The number of aliphatic carboxylic acids is 1. The summed E-state index contributed by atoms with van der Waals surface area (Å²) < 4.78 is 5.19. The minimum atomic E-state index is -1.05. The van der Waals surface area contributed by atoms with Gasteiger partial charge < -0.3 is 20.5 Å². The molecule has 1 heterocycles. The van der Waals surface area contributed by atoms with Gasteiger partial charge in [-0.25, -0.2) is 9.59 Å². The number of hydrogen-bond acceptors (Lipinski definition) is 4. The standard InChI is InChI=1S/C12H22N2O4/c1-7(2)10(11(15)16)14-12(17)18-8(3)9-5-4-6-13-9/h7-10,13H,4-6H2,1-3H3,(H,14,17)(H,15,16). The van der Waals surface area contributed by atoms with Gasteiger partial charge in [0.15, 0.2) is 0 Å². The van der Waals surface area contributed by atoms with Crippen LogP contribution in [0.15, 0.2) is 0 Å². The van der Waals surface area contributed by atoms with Crippen LogP contribution in [0.5, 0.6) is 0 Å². The summed E-state index contributed by atoms with van der Waals surface area (Å²) in [6, 6.07) is -0.751. The number of amides is 1. The van der Waals surface area contributed by atoms with E-state index in [4.69, 9.17) is 9.84 Å². The predicted molar refractivity (Wildman–Crippen MR) is 66.4 cm³/mol. The highest BCUT2D eigenvalue weighted by Gasteiger charge is 2.27. The van der Waals surface area contributed by atoms with Crippen LogP contribution in [0.1, 0.15) is 33.6 Å². The van der Waals surface area contributed by atoms with E-state index in [1.165, 1.54) is 0 Å². The molecule has 3 N–H and O–H groups in total. The second-order valence-electron chi connectivity index (χ2n) is 5.02. The summed E-state index contributed by atoms with van der Waals surface area (Å²) in [4.78, 5) is 22.5. The predicted octanol–water partition coefficient (Wildman–Crippen LogP) is 0.962. The molecule has 0 aliphatic carbocycles. The number of alkyl carbamates (subject to hydrolysis) is 1. The van der Waals surface area contributed by atoms with Crippen LogP contribution in [0.4, 0.5) is 4.79 Å². The third-order valence-electron chi connectivity index (χ3n) is 3.16. The molecule has 1 saturated heterocycles. The zero-order valence-corrected chi connectivity index (χ0v) is 11.1. The van der Waals surface area contributed by atoms with Crippen molar-refractivity contribution in [3.63, 3.8) is 0 Å². The van der Waals surface area contributed by atoms with Gasteiger partial charge in [0, 0.05) is 6.04 Å². The molecule has 1 amide bonds. The number of carbonyl (C=O) groups is 2. The van der Waals surface area contributed by atoms with Crippen molar-refractivity contribution in [3.05, 3.63) is 0 Å². The summed E-state index contributed by atoms with van der Waals surface area (Å²) in [6.07, 6.45) is 1.12. The Balaban J connectivity index is 2.42. The van der Waals surface area contributed by atoms with E-state index in [-0.39, 0.29) is 18.1 Å². The van der Waals surface area contributed by atoms with Crippen molar-refractivity contribution >= 4 is 12.1 Å². The van der Waals surface area contributed by atoms with E-state index in [0.717, 1.165) is 19.4 Å². The van der Waals surface area contributed by atoms with Gasteiger partial charge in [0.25, 0.3) is 0 Å². The molecule has 3 atom stereocenters. The largest absolute Gasteiger partial charge is 0.480 e. The molecule has 1 fully saturated rings. The molecule has 0 aromatic carbocycles. The van der Waals surface area contributed by atoms with Gasteiger partial charge >= 0.3 is 12.1 Å². The topological polar surface area (TPSA) is 87.7 Å². The first-order valence-electron chi connectivity index (χ1n) is 6.35. The number of ether oxygens (including phenoxy) is 1. The van der Waals surface area contributed by atoms with E-state index in [2.05, 4.69) is 10.6 Å². The summed E-state index contributed by atoms with van der Waals surface area (Å²) in [6.45, 7) is 6.22. The van der Waals surface area contributed by atoms with E-state index >= 15 is 0 Å². The monoisotopic (exact) mass is 258 g/mol. The van der Waals surface area contributed by atoms with Gasteiger partial charge in [-0.3, -0.25) is 0 Å². The Morgan fingerprint density at radius 1 is 1.39 bits per heavy atom. The molecule has 1 rings (SSSR count). The molecule has 0 radical (unpaired) electrons. The minimum Gasteiger partial charge on any atom is -0.480 e. The number of rotatable bonds is 5. The number of hydrogen-bond donors (Lipinski definition) is 3. The van der Waals surface area contributed by atoms with Crippen LogP contribution in [0, 0.1) is 5.92 Å². The third kappa shape index (κ3) is 4.18. The normalized spacial score (nSPS) is 22.6. The first-order valence-corrected chi connectivity index (χ1v) is 6.35. The Morgan fingerprint density at radius 3 is 2.50 bits per heavy atom. The van der Waals surface area contributed by atoms with Gasteiger partial charge in [0.2, 0.25) is 0 Å². The molecular formula is C12H22N2O4. The van der Waals surface area contributed by atoms with Crippen LogP contribution in [0.3, 0.4) is 0 Å². The highest BCUT2D eigenvalue weighted by molar-refractivity contribution is 5.80. The fourth-order valence-electron chi connectivity index (χ4n) is 2.04. The van der Waals surface area contributed by atoms with Crippen LogP contribution < -0.4 is 10.6 Å². The smallest absolute Gasteiger partial charge is 0.408 e. The average molecular weight is 258 g/mol. The Hall–Kier alpha value is -1.30. The lowest BCUT2D eigenvalue weighted by Gasteiger charge is -2.23. The lowest BCUT2D eigenvalue weighted by atomic mass is 10.1. The van der Waals surface area contributed by atoms with Crippen LogP contribution in [-0.4, -0.2) is 41.9 Å². The van der Waals surface area contributed by atoms with Gasteiger partial charge in [-0.2, -0.15) is 0 Å². The first kappa shape index (κ1) is 14.8. The van der Waals surface area contributed by atoms with E-state index in [1.807, 2.05) is 6.92 Å². The summed E-state index contributed by atoms with van der Waals surface area (Å²) in [5, 5.41) is 14.6. The Kier molecular flexibility index (Phi) is 5.40. The van der Waals surface area contributed by atoms with Gasteiger partial charge in [0.05, 0.1) is 0 Å². The molecule has 0 saturated carbocycles. The van der Waals surface area contributed by atoms with Crippen molar-refractivity contribution in [2.75, 3.05) is 6.54 Å². The van der Waals surface area contributed by atoms with Crippen LogP contribution in [0.25, 0.3) is 0 Å². The van der Waals surface area contributed by atoms with E-state index in [0.29, 0.717) is 0 Å². The molecule has 0 aromatic rings. The molecule has 1 aliphatic rings. The second-order valence-corrected chi connectivity index (χ2v) is 5.02. The van der Waals surface area contributed by atoms with Crippen molar-refractivity contribution in [3.8, 4) is 0 Å². The van der Waals surface area contributed by atoms with Crippen molar-refractivity contribution in [2.24, 2.45) is 5.92 Å². The van der Waals surface area contributed by atoms with Crippen molar-refractivity contribution in [1.82, 2.24) is 10.6 Å². The van der Waals surface area contributed by atoms with E-state index in [1.54, 1.807) is 13.8 Å². The molecule has 6 nitrogen and oxygen atoms in total. The van der Waals surface area contributed by atoms with Crippen LogP contribution in [-0.2, 0) is 9.53 Å². The fraction of sp³-hybridized carbons (Fsp3) is 0.833. The lowest BCUT2D eigenvalue weighted by molar-refractivity contribution is -0.140. The Bertz CT molecular complexity index is 300. The zero-order valence-electron chi connectivity index (χ0n) is 11.1. The van der Waals surface area contributed by atoms with Gasteiger partial charge in [0.1, 0.15) is 12.1 Å². The Labute approximate surface area is 107 Å². The highest BCUT2D eigenvalue weighted by atomic mass is 16.6. The lowest BCUT2D eigenvalue weighted by Crippen LogP contribution is -2.47. The van der Waals surface area contributed by atoms with Gasteiger partial charge in [-0.05, 0) is 32.2 Å². The molecule has 0 bridgehead atoms. The maximum atomic E-state index is 11.6. The number of carboxylic acids is 1. The molecule has 0 aromatic heterocycles. The maximum absolute atomic E-state index is 11.6. The third-order valence-corrected chi connectivity index (χ3v) is 3.16. The number of nitrogens with one attached hydrogen (secondary N) is 2. The van der Waals surface area contributed by atoms with Gasteiger partial charge in [-0.15, -0.1) is 0 Å². The van der Waals surface area contributed by atoms with Gasteiger partial charge in [-0.1, -0.05) is 13.8 Å². The molecule has 1 aliphatic heterocycles. The quantitative estimate of drug-likeness (QED) is 0.683. The SMILES string of the molecule is CC(C)C(NC(=O)OC(C)C1CCCN1)C(=O)O. The second kappa shape index (κ2) is 6.58. The highest BCUT2D eigenvalue weighted by Crippen LogP contribution is 2.12. The van der Waals surface area contributed by atoms with E-state index < -0.39 is 18.1 Å². The van der Waals surface area contributed by atoms with Crippen LogP contribution >= 0.6 is 0 Å². The minimum absolute atomic E-state index is 0.165. The maximum Gasteiger partial charge on any atom is 0.408 e. The molecular weight excluding hydrogens is 236 g/mol. The first-order chi connectivity index (χ1) is 8.41. The number of carboxylic acid groups (broad SMARTS) is 1. The molecule has 0 spiro atoms. The zero-order chi connectivity index (χ0) is 13.7. The number of carbonyl (C=O) groups excluding carboxylic acids is 1. The van der Waals surface area contributed by atoms with Crippen molar-refractivity contribution < 1.29 is 19.4 Å².